The maximum atomic E-state index is 11.8. The molecule has 0 aliphatic rings. The van der Waals surface area contributed by atoms with E-state index in [0.29, 0.717) is 18.1 Å². The number of hydrogen-bond donors (Lipinski definition) is 1. The third kappa shape index (κ3) is 3.60. The number of aryl methyl sites for hydroxylation is 2. The summed E-state index contributed by atoms with van der Waals surface area (Å²) >= 11 is 0. The van der Waals surface area contributed by atoms with Crippen molar-refractivity contribution in [3.63, 3.8) is 0 Å². The molecule has 5 nitrogen and oxygen atoms in total. The van der Waals surface area contributed by atoms with Gasteiger partial charge in [0.1, 0.15) is 0 Å². The smallest absolute Gasteiger partial charge is 0.338 e. The van der Waals surface area contributed by atoms with Gasteiger partial charge in [-0.1, -0.05) is 25.1 Å². The predicted octanol–water partition coefficient (Wildman–Crippen LogP) is 4.42. The van der Waals surface area contributed by atoms with Gasteiger partial charge in [-0.2, -0.15) is 0 Å². The van der Waals surface area contributed by atoms with Crippen LogP contribution in [0.3, 0.4) is 0 Å². The molecule has 0 unspecified atom stereocenters. The molecule has 5 heteroatoms. The molecule has 3 rings (SSSR count). The fraction of sp³-hybridized carbons (Fsp3) is 0.250. The van der Waals surface area contributed by atoms with Crippen LogP contribution in [0.4, 0.5) is 11.6 Å². The molecule has 25 heavy (non-hydrogen) atoms. The van der Waals surface area contributed by atoms with Crippen molar-refractivity contribution in [1.82, 2.24) is 9.97 Å². The van der Waals surface area contributed by atoms with Crippen LogP contribution >= 0.6 is 0 Å². The number of hydrogen-bond acceptors (Lipinski definition) is 5. The molecule has 1 N–H and O–H groups in total. The van der Waals surface area contributed by atoms with Gasteiger partial charge in [-0.25, -0.2) is 14.8 Å². The highest BCUT2D eigenvalue weighted by Crippen LogP contribution is 2.23. The minimum atomic E-state index is -0.313. The molecule has 0 radical (unpaired) electrons. The number of nitrogens with one attached hydrogen (secondary N) is 1. The van der Waals surface area contributed by atoms with Crippen molar-refractivity contribution in [2.24, 2.45) is 0 Å². The lowest BCUT2D eigenvalue weighted by Gasteiger charge is -2.11. The third-order valence-corrected chi connectivity index (χ3v) is 4.06. The molecule has 128 valence electrons. The molecule has 0 spiro atoms. The average Bonchev–Trinajstić information content (AvgIpc) is 2.63. The minimum Gasteiger partial charge on any atom is -0.462 e. The summed E-state index contributed by atoms with van der Waals surface area (Å²) in [7, 11) is 0. The summed E-state index contributed by atoms with van der Waals surface area (Å²) in [4.78, 5) is 20.9. The third-order valence-electron chi connectivity index (χ3n) is 4.06. The Labute approximate surface area is 147 Å². The first-order valence-corrected chi connectivity index (χ1v) is 8.41. The van der Waals surface area contributed by atoms with Gasteiger partial charge in [-0.3, -0.25) is 0 Å². The maximum absolute atomic E-state index is 11.8. The summed E-state index contributed by atoms with van der Waals surface area (Å²) in [5.74, 6) is 0.229. The van der Waals surface area contributed by atoms with Crippen LogP contribution in [0.25, 0.3) is 10.9 Å². The Morgan fingerprint density at radius 2 is 2.04 bits per heavy atom. The van der Waals surface area contributed by atoms with Crippen LogP contribution in [0.15, 0.2) is 42.6 Å². The van der Waals surface area contributed by atoms with Gasteiger partial charge in [0, 0.05) is 17.3 Å². The van der Waals surface area contributed by atoms with Crippen LogP contribution < -0.4 is 5.32 Å². The Kier molecular flexibility index (Phi) is 4.93. The number of esters is 1. The van der Waals surface area contributed by atoms with Crippen LogP contribution in [-0.2, 0) is 11.2 Å². The molecule has 0 atom stereocenters. The second kappa shape index (κ2) is 7.30. The molecule has 0 amide bonds. The van der Waals surface area contributed by atoms with E-state index >= 15 is 0 Å². The maximum Gasteiger partial charge on any atom is 0.338 e. The Bertz CT molecular complexity index is 922. The van der Waals surface area contributed by atoms with E-state index in [-0.39, 0.29) is 5.97 Å². The average molecular weight is 335 g/mol. The van der Waals surface area contributed by atoms with Crippen molar-refractivity contribution >= 4 is 28.5 Å². The highest BCUT2D eigenvalue weighted by molar-refractivity contribution is 5.90. The van der Waals surface area contributed by atoms with Crippen LogP contribution in [0, 0.1) is 6.92 Å². The summed E-state index contributed by atoms with van der Waals surface area (Å²) in [6.45, 7) is 6.21. The van der Waals surface area contributed by atoms with Crippen molar-refractivity contribution in [2.45, 2.75) is 27.2 Å². The lowest BCUT2D eigenvalue weighted by Crippen LogP contribution is -2.06. The number of anilines is 2. The van der Waals surface area contributed by atoms with E-state index < -0.39 is 0 Å². The number of ether oxygens (including phenoxy) is 1. The zero-order valence-electron chi connectivity index (χ0n) is 14.7. The SMILES string of the molecule is CCOC(=O)c1ccc(Nc2ncc3cccc(CC)c3n2)c(C)c1. The zero-order valence-corrected chi connectivity index (χ0v) is 14.7. The highest BCUT2D eigenvalue weighted by Gasteiger charge is 2.10. The summed E-state index contributed by atoms with van der Waals surface area (Å²) in [6.07, 6.45) is 2.74. The number of carbonyl (C=O) groups excluding carboxylic acids is 1. The molecule has 2 aromatic carbocycles. The van der Waals surface area contributed by atoms with Crippen LogP contribution in [0.5, 0.6) is 0 Å². The Balaban J connectivity index is 1.89. The normalized spacial score (nSPS) is 10.7. The number of fused-ring (bicyclic) bond motifs is 1. The monoisotopic (exact) mass is 335 g/mol. The molecule has 0 saturated heterocycles. The van der Waals surface area contributed by atoms with E-state index in [0.717, 1.165) is 28.6 Å². The van der Waals surface area contributed by atoms with Gasteiger partial charge in [-0.15, -0.1) is 0 Å². The van der Waals surface area contributed by atoms with Gasteiger partial charge in [0.25, 0.3) is 0 Å². The first-order valence-electron chi connectivity index (χ1n) is 8.41. The number of nitrogens with zero attached hydrogens (tertiary/aromatic N) is 2. The Morgan fingerprint density at radius 1 is 1.20 bits per heavy atom. The fourth-order valence-corrected chi connectivity index (χ4v) is 2.73. The number of rotatable bonds is 5. The molecule has 0 aliphatic carbocycles. The van der Waals surface area contributed by atoms with Crippen molar-refractivity contribution in [2.75, 3.05) is 11.9 Å². The van der Waals surface area contributed by atoms with Crippen molar-refractivity contribution in [3.05, 3.63) is 59.3 Å². The topological polar surface area (TPSA) is 64.1 Å². The van der Waals surface area contributed by atoms with Crippen LogP contribution in [0.1, 0.15) is 35.3 Å². The van der Waals surface area contributed by atoms with Gasteiger partial charge in [0.05, 0.1) is 17.7 Å². The first-order chi connectivity index (χ1) is 12.1. The van der Waals surface area contributed by atoms with Crippen molar-refractivity contribution in [1.29, 1.82) is 0 Å². The molecular weight excluding hydrogens is 314 g/mol. The standard InChI is InChI=1S/C20H21N3O2/c1-4-14-7-6-8-16-12-21-20(23-18(14)16)22-17-10-9-15(11-13(17)3)19(24)25-5-2/h6-12H,4-5H2,1-3H3,(H,21,22,23). The quantitative estimate of drug-likeness (QED) is 0.699. The van der Waals surface area contributed by atoms with Gasteiger partial charge in [-0.05, 0) is 49.6 Å². The second-order valence-corrected chi connectivity index (χ2v) is 5.78. The molecule has 0 bridgehead atoms. The lowest BCUT2D eigenvalue weighted by molar-refractivity contribution is 0.0526. The molecule has 0 fully saturated rings. The number of carbonyl (C=O) groups is 1. The van der Waals surface area contributed by atoms with E-state index in [1.807, 2.05) is 31.3 Å². The molecule has 0 aliphatic heterocycles. The number of aromatic nitrogens is 2. The lowest BCUT2D eigenvalue weighted by atomic mass is 10.1. The van der Waals surface area contributed by atoms with E-state index in [2.05, 4.69) is 28.3 Å². The summed E-state index contributed by atoms with van der Waals surface area (Å²) in [5.41, 5.74) is 4.48. The van der Waals surface area contributed by atoms with E-state index in [1.54, 1.807) is 19.1 Å². The summed E-state index contributed by atoms with van der Waals surface area (Å²) < 4.78 is 5.03. The summed E-state index contributed by atoms with van der Waals surface area (Å²) in [5, 5.41) is 4.27. The van der Waals surface area contributed by atoms with Crippen LogP contribution in [0.2, 0.25) is 0 Å². The number of benzene rings is 2. The molecule has 0 saturated carbocycles. The number of para-hydroxylation sites is 1. The van der Waals surface area contributed by atoms with E-state index in [1.165, 1.54) is 5.56 Å². The predicted molar refractivity (Wildman–Crippen MR) is 99.3 cm³/mol. The van der Waals surface area contributed by atoms with Gasteiger partial charge in [0.2, 0.25) is 5.95 Å². The minimum absolute atomic E-state index is 0.313. The Hall–Kier alpha value is -2.95. The molecule has 1 aromatic heterocycles. The fourth-order valence-electron chi connectivity index (χ4n) is 2.73. The largest absolute Gasteiger partial charge is 0.462 e. The summed E-state index contributed by atoms with van der Waals surface area (Å²) in [6, 6.07) is 11.5. The molecule has 3 aromatic rings. The van der Waals surface area contributed by atoms with Crippen molar-refractivity contribution < 1.29 is 9.53 Å². The van der Waals surface area contributed by atoms with Gasteiger partial charge >= 0.3 is 5.97 Å². The Morgan fingerprint density at radius 3 is 2.76 bits per heavy atom. The van der Waals surface area contributed by atoms with E-state index in [4.69, 9.17) is 4.74 Å². The van der Waals surface area contributed by atoms with Gasteiger partial charge < -0.3 is 10.1 Å². The van der Waals surface area contributed by atoms with Gasteiger partial charge in [0.15, 0.2) is 0 Å². The van der Waals surface area contributed by atoms with Crippen LogP contribution in [-0.4, -0.2) is 22.5 Å². The zero-order chi connectivity index (χ0) is 17.8. The van der Waals surface area contributed by atoms with Crippen molar-refractivity contribution in [3.8, 4) is 0 Å². The molecule has 1 heterocycles. The van der Waals surface area contributed by atoms with E-state index in [9.17, 15) is 4.79 Å². The molecular formula is C20H21N3O2. The first kappa shape index (κ1) is 16.9. The highest BCUT2D eigenvalue weighted by atomic mass is 16.5. The second-order valence-electron chi connectivity index (χ2n) is 5.78.